The van der Waals surface area contributed by atoms with E-state index in [4.69, 9.17) is 5.11 Å². The first-order valence-electron chi connectivity index (χ1n) is 6.03. The highest BCUT2D eigenvalue weighted by Crippen LogP contribution is 2.19. The first kappa shape index (κ1) is 17.0. The van der Waals surface area contributed by atoms with Gasteiger partial charge in [0.15, 0.2) is 0 Å². The third-order valence-corrected chi connectivity index (χ3v) is 3.56. The van der Waals surface area contributed by atoms with E-state index < -0.39 is 23.9 Å². The number of carbonyl (C=O) groups excluding carboxylic acids is 2. The lowest BCUT2D eigenvalue weighted by Gasteiger charge is -2.12. The lowest BCUT2D eigenvalue weighted by molar-refractivity contribution is -0.140. The summed E-state index contributed by atoms with van der Waals surface area (Å²) in [5.74, 6) is -1.86. The number of thioether (sulfide) groups is 1. The van der Waals surface area contributed by atoms with Crippen molar-refractivity contribution in [3.8, 4) is 0 Å². The number of ether oxygens (including phenoxy) is 1. The van der Waals surface area contributed by atoms with Crippen molar-refractivity contribution in [1.29, 1.82) is 0 Å². The van der Waals surface area contributed by atoms with Gasteiger partial charge in [-0.3, -0.25) is 4.79 Å². The molecule has 0 saturated heterocycles. The lowest BCUT2D eigenvalue weighted by atomic mass is 10.2. The van der Waals surface area contributed by atoms with Crippen LogP contribution < -0.4 is 5.32 Å². The van der Waals surface area contributed by atoms with Crippen molar-refractivity contribution < 1.29 is 24.2 Å². The fourth-order valence-electron chi connectivity index (χ4n) is 1.53. The second-order valence-corrected chi connectivity index (χ2v) is 5.22. The van der Waals surface area contributed by atoms with Crippen molar-refractivity contribution in [2.24, 2.45) is 0 Å². The summed E-state index contributed by atoms with van der Waals surface area (Å²) in [4.78, 5) is 37.6. The fourth-order valence-corrected chi connectivity index (χ4v) is 2.46. The molecule has 7 nitrogen and oxygen atoms in total. The maximum absolute atomic E-state index is 11.4. The average Bonchev–Trinajstić information content (AvgIpc) is 2.42. The van der Waals surface area contributed by atoms with Crippen LogP contribution in [0.2, 0.25) is 0 Å². The zero-order valence-electron chi connectivity index (χ0n) is 11.9. The Balaban J connectivity index is 2.75. The molecule has 1 aromatic rings. The van der Waals surface area contributed by atoms with Crippen LogP contribution in [0.25, 0.3) is 0 Å². The van der Waals surface area contributed by atoms with Gasteiger partial charge >= 0.3 is 11.9 Å². The van der Waals surface area contributed by atoms with E-state index >= 15 is 0 Å². The monoisotopic (exact) mass is 312 g/mol. The van der Waals surface area contributed by atoms with Gasteiger partial charge in [0.2, 0.25) is 5.91 Å². The molecule has 0 aliphatic carbocycles. The average molecular weight is 312 g/mol. The first-order valence-corrected chi connectivity index (χ1v) is 7.02. The molecule has 114 valence electrons. The maximum Gasteiger partial charge on any atom is 0.339 e. The zero-order chi connectivity index (χ0) is 16.0. The molecule has 0 saturated carbocycles. The number of rotatable bonds is 6. The molecule has 0 aromatic carbocycles. The second-order valence-electron chi connectivity index (χ2n) is 4.18. The van der Waals surface area contributed by atoms with Crippen molar-refractivity contribution in [2.45, 2.75) is 24.9 Å². The van der Waals surface area contributed by atoms with Crippen molar-refractivity contribution in [3.05, 3.63) is 23.4 Å². The van der Waals surface area contributed by atoms with Crippen LogP contribution in [0.3, 0.4) is 0 Å². The number of amides is 1. The summed E-state index contributed by atoms with van der Waals surface area (Å²) in [5.41, 5.74) is 0.858. The number of aryl methyl sites for hydroxylation is 1. The highest BCUT2D eigenvalue weighted by atomic mass is 32.2. The molecule has 0 spiro atoms. The van der Waals surface area contributed by atoms with Gasteiger partial charge in [-0.2, -0.15) is 0 Å². The van der Waals surface area contributed by atoms with Gasteiger partial charge in [-0.25, -0.2) is 14.6 Å². The molecule has 8 heteroatoms. The number of nitrogens with zero attached hydrogens (tertiary/aromatic N) is 1. The van der Waals surface area contributed by atoms with Crippen LogP contribution >= 0.6 is 11.8 Å². The number of carboxylic acids is 1. The molecule has 0 aliphatic rings. The third kappa shape index (κ3) is 5.07. The Morgan fingerprint density at radius 2 is 2.10 bits per heavy atom. The summed E-state index contributed by atoms with van der Waals surface area (Å²) in [5, 5.41) is 11.9. The zero-order valence-corrected chi connectivity index (χ0v) is 12.7. The SMILES string of the molecule is COC(=O)c1ccc(SCC(NC(C)=O)C(=O)O)nc1C. The molecule has 1 amide bonds. The molecule has 1 rings (SSSR count). The first-order chi connectivity index (χ1) is 9.85. The van der Waals surface area contributed by atoms with Gasteiger partial charge < -0.3 is 15.2 Å². The predicted molar refractivity (Wildman–Crippen MR) is 76.3 cm³/mol. The summed E-state index contributed by atoms with van der Waals surface area (Å²) in [7, 11) is 1.29. The van der Waals surface area contributed by atoms with E-state index in [1.165, 1.54) is 25.8 Å². The molecule has 21 heavy (non-hydrogen) atoms. The van der Waals surface area contributed by atoms with Crippen LogP contribution in [-0.2, 0) is 14.3 Å². The van der Waals surface area contributed by atoms with E-state index in [0.29, 0.717) is 16.3 Å². The second kappa shape index (κ2) is 7.63. The number of nitrogens with one attached hydrogen (secondary N) is 1. The minimum Gasteiger partial charge on any atom is -0.480 e. The largest absolute Gasteiger partial charge is 0.480 e. The number of esters is 1. The maximum atomic E-state index is 11.4. The number of aliphatic carboxylic acids is 1. The molecule has 1 heterocycles. The summed E-state index contributed by atoms with van der Waals surface area (Å²) >= 11 is 1.18. The summed E-state index contributed by atoms with van der Waals surface area (Å²) < 4.78 is 4.62. The number of hydrogen-bond donors (Lipinski definition) is 2. The molecule has 0 aliphatic heterocycles. The van der Waals surface area contributed by atoms with Crippen LogP contribution in [0, 0.1) is 6.92 Å². The topological polar surface area (TPSA) is 106 Å². The van der Waals surface area contributed by atoms with E-state index in [1.807, 2.05) is 0 Å². The van der Waals surface area contributed by atoms with E-state index in [1.54, 1.807) is 19.1 Å². The molecule has 0 radical (unpaired) electrons. The number of hydrogen-bond acceptors (Lipinski definition) is 6. The van der Waals surface area contributed by atoms with Crippen molar-refractivity contribution in [2.75, 3.05) is 12.9 Å². The van der Waals surface area contributed by atoms with Gasteiger partial charge in [-0.1, -0.05) is 0 Å². The van der Waals surface area contributed by atoms with Crippen LogP contribution in [0.1, 0.15) is 23.0 Å². The van der Waals surface area contributed by atoms with Gasteiger partial charge in [-0.15, -0.1) is 11.8 Å². The van der Waals surface area contributed by atoms with Gasteiger partial charge in [0.25, 0.3) is 0 Å². The molecular weight excluding hydrogens is 296 g/mol. The Bertz CT molecular complexity index is 561. The van der Waals surface area contributed by atoms with Crippen LogP contribution in [0.15, 0.2) is 17.2 Å². The highest BCUT2D eigenvalue weighted by Gasteiger charge is 2.19. The summed E-state index contributed by atoms with van der Waals surface area (Å²) in [6.45, 7) is 2.92. The Hall–Kier alpha value is -2.09. The fraction of sp³-hybridized carbons (Fsp3) is 0.385. The Morgan fingerprint density at radius 1 is 1.43 bits per heavy atom. The number of aromatic nitrogens is 1. The smallest absolute Gasteiger partial charge is 0.339 e. The van der Waals surface area contributed by atoms with Gasteiger partial charge in [0.1, 0.15) is 6.04 Å². The van der Waals surface area contributed by atoms with Crippen molar-refractivity contribution in [3.63, 3.8) is 0 Å². The highest BCUT2D eigenvalue weighted by molar-refractivity contribution is 7.99. The normalized spacial score (nSPS) is 11.6. The molecular formula is C13H16N2O5S. The van der Waals surface area contributed by atoms with Crippen molar-refractivity contribution in [1.82, 2.24) is 10.3 Å². The predicted octanol–water partition coefficient (Wildman–Crippen LogP) is 0.858. The van der Waals surface area contributed by atoms with Crippen LogP contribution in [-0.4, -0.2) is 46.8 Å². The van der Waals surface area contributed by atoms with Gasteiger partial charge in [0, 0.05) is 12.7 Å². The number of carboxylic acid groups (broad SMARTS) is 1. The van der Waals surface area contributed by atoms with Gasteiger partial charge in [-0.05, 0) is 19.1 Å². The van der Waals surface area contributed by atoms with Gasteiger partial charge in [0.05, 0.1) is 23.4 Å². The molecule has 1 aromatic heterocycles. The van der Waals surface area contributed by atoms with E-state index in [0.717, 1.165) is 0 Å². The summed E-state index contributed by atoms with van der Waals surface area (Å²) in [6, 6.07) is 2.19. The molecule has 0 fully saturated rings. The summed E-state index contributed by atoms with van der Waals surface area (Å²) in [6.07, 6.45) is 0. The quantitative estimate of drug-likeness (QED) is 0.592. The molecule has 1 unspecified atom stereocenters. The van der Waals surface area contributed by atoms with Crippen LogP contribution in [0.4, 0.5) is 0 Å². The molecule has 0 bridgehead atoms. The number of carbonyl (C=O) groups is 3. The Morgan fingerprint density at radius 3 is 2.57 bits per heavy atom. The minimum atomic E-state index is -1.11. The van der Waals surface area contributed by atoms with Crippen molar-refractivity contribution >= 4 is 29.6 Å². The Kier molecular flexibility index (Phi) is 6.16. The third-order valence-electron chi connectivity index (χ3n) is 2.54. The standard InChI is InChI=1S/C13H16N2O5S/c1-7-9(13(19)20-3)4-5-11(14-7)21-6-10(12(17)18)15-8(2)16/h4-5,10H,6H2,1-3H3,(H,15,16)(H,17,18). The number of methoxy groups -OCH3 is 1. The van der Waals surface area contributed by atoms with E-state index in [2.05, 4.69) is 15.0 Å². The lowest BCUT2D eigenvalue weighted by Crippen LogP contribution is -2.41. The van der Waals surface area contributed by atoms with E-state index in [-0.39, 0.29) is 5.75 Å². The number of pyridine rings is 1. The Labute approximate surface area is 126 Å². The molecule has 2 N–H and O–H groups in total. The van der Waals surface area contributed by atoms with Crippen LogP contribution in [0.5, 0.6) is 0 Å². The minimum absolute atomic E-state index is 0.138. The van der Waals surface area contributed by atoms with E-state index in [9.17, 15) is 14.4 Å². The molecule has 1 atom stereocenters.